The molecule has 0 atom stereocenters. The lowest BCUT2D eigenvalue weighted by molar-refractivity contribution is 1.66. The molecule has 0 radical (unpaired) electrons. The van der Waals surface area contributed by atoms with Crippen molar-refractivity contribution in [3.8, 4) is 22.9 Å². The summed E-state index contributed by atoms with van der Waals surface area (Å²) in [6.45, 7) is 13.7. The van der Waals surface area contributed by atoms with Gasteiger partial charge in [-0.25, -0.2) is 0 Å². The molecule has 28 heavy (non-hydrogen) atoms. The average molecular weight is 528 g/mol. The molecule has 4 heteroatoms. The predicted octanol–water partition coefficient (Wildman–Crippen LogP) is 7.98. The molecular formula is C24H24Br2Si2. The Balaban J connectivity index is 2.53. The maximum atomic E-state index is 3.65. The maximum Gasteiger partial charge on any atom is 0.129 e. The minimum absolute atomic E-state index is 1.07. The lowest BCUT2D eigenvalue weighted by Gasteiger charge is -2.13. The van der Waals surface area contributed by atoms with Crippen LogP contribution in [0.15, 0.2) is 45.3 Å². The van der Waals surface area contributed by atoms with Crippen molar-refractivity contribution in [3.05, 3.63) is 56.5 Å². The van der Waals surface area contributed by atoms with Gasteiger partial charge in [-0.05, 0) is 35.0 Å². The van der Waals surface area contributed by atoms with Crippen molar-refractivity contribution in [2.45, 2.75) is 39.3 Å². The van der Waals surface area contributed by atoms with Crippen LogP contribution >= 0.6 is 31.9 Å². The van der Waals surface area contributed by atoms with Crippen molar-refractivity contribution in [1.29, 1.82) is 0 Å². The van der Waals surface area contributed by atoms with E-state index in [9.17, 15) is 0 Å². The monoisotopic (exact) mass is 526 g/mol. The molecule has 0 nitrogen and oxygen atoms in total. The third-order valence-corrected chi connectivity index (χ3v) is 6.90. The highest BCUT2D eigenvalue weighted by Gasteiger charge is 2.15. The summed E-state index contributed by atoms with van der Waals surface area (Å²) < 4.78 is 2.13. The van der Waals surface area contributed by atoms with Gasteiger partial charge in [0.05, 0.1) is 0 Å². The van der Waals surface area contributed by atoms with Crippen LogP contribution in [0, 0.1) is 22.9 Å². The molecule has 0 unspecified atom stereocenters. The first-order valence-corrected chi connectivity index (χ1v) is 17.9. The number of hydrogen-bond donors (Lipinski definition) is 0. The van der Waals surface area contributed by atoms with Gasteiger partial charge in [-0.2, -0.15) is 0 Å². The highest BCUT2D eigenvalue weighted by Crippen LogP contribution is 2.35. The molecule has 3 rings (SSSR count). The van der Waals surface area contributed by atoms with Crippen LogP contribution < -0.4 is 0 Å². The van der Waals surface area contributed by atoms with Crippen molar-refractivity contribution in [1.82, 2.24) is 0 Å². The Hall–Kier alpha value is -1.31. The Kier molecular flexibility index (Phi) is 6.00. The molecule has 3 aromatic carbocycles. The molecule has 0 heterocycles. The number of hydrogen-bond acceptors (Lipinski definition) is 0. The smallest absolute Gasteiger partial charge is 0.127 e. The van der Waals surface area contributed by atoms with E-state index in [2.05, 4.69) is 130 Å². The third kappa shape index (κ3) is 4.99. The molecule has 0 aliphatic heterocycles. The molecule has 3 aromatic rings. The van der Waals surface area contributed by atoms with Crippen LogP contribution in [-0.2, 0) is 0 Å². The van der Waals surface area contributed by atoms with Crippen LogP contribution in [0.2, 0.25) is 39.3 Å². The number of fused-ring (bicyclic) bond motifs is 2. The highest BCUT2D eigenvalue weighted by atomic mass is 79.9. The Bertz CT molecular complexity index is 1110. The molecular weight excluding hydrogens is 504 g/mol. The molecule has 0 bridgehead atoms. The lowest BCUT2D eigenvalue weighted by atomic mass is 9.92. The topological polar surface area (TPSA) is 0 Å². The Morgan fingerprint density at radius 2 is 0.929 bits per heavy atom. The molecule has 0 aromatic heterocycles. The van der Waals surface area contributed by atoms with Crippen molar-refractivity contribution in [2.24, 2.45) is 0 Å². The Morgan fingerprint density at radius 1 is 0.571 bits per heavy atom. The summed E-state index contributed by atoms with van der Waals surface area (Å²) in [4.78, 5) is 0. The second-order valence-corrected chi connectivity index (χ2v) is 20.5. The minimum atomic E-state index is -1.50. The van der Waals surface area contributed by atoms with E-state index in [1.165, 1.54) is 21.5 Å². The maximum absolute atomic E-state index is 3.65. The van der Waals surface area contributed by atoms with E-state index in [-0.39, 0.29) is 0 Å². The SMILES string of the molecule is C[Si](C)(C)C#Cc1c2ccc(Br)cc2c(C#C[Si](C)(C)C)c2ccc(Br)cc12. The summed E-state index contributed by atoms with van der Waals surface area (Å²) in [5.41, 5.74) is 9.35. The lowest BCUT2D eigenvalue weighted by Crippen LogP contribution is -2.16. The molecule has 0 amide bonds. The normalized spacial score (nSPS) is 11.7. The van der Waals surface area contributed by atoms with Gasteiger partial charge in [0.15, 0.2) is 0 Å². The molecule has 0 fully saturated rings. The zero-order valence-corrected chi connectivity index (χ0v) is 22.4. The molecule has 0 saturated heterocycles. The van der Waals surface area contributed by atoms with Gasteiger partial charge in [-0.15, -0.1) is 11.1 Å². The first-order chi connectivity index (χ1) is 12.9. The Labute approximate surface area is 187 Å². The zero-order valence-electron chi connectivity index (χ0n) is 17.2. The quantitative estimate of drug-likeness (QED) is 0.158. The van der Waals surface area contributed by atoms with E-state index in [1.54, 1.807) is 0 Å². The van der Waals surface area contributed by atoms with Crippen molar-refractivity contribution in [2.75, 3.05) is 0 Å². The van der Waals surface area contributed by atoms with Crippen LogP contribution in [0.5, 0.6) is 0 Å². The van der Waals surface area contributed by atoms with Gasteiger partial charge in [0, 0.05) is 30.8 Å². The summed E-state index contributed by atoms with van der Waals surface area (Å²) in [5.74, 6) is 7.11. The van der Waals surface area contributed by atoms with Gasteiger partial charge in [0.1, 0.15) is 16.1 Å². The highest BCUT2D eigenvalue weighted by molar-refractivity contribution is 9.10. The number of rotatable bonds is 0. The van der Waals surface area contributed by atoms with Gasteiger partial charge < -0.3 is 0 Å². The second-order valence-electron chi connectivity index (χ2n) is 9.13. The molecule has 0 aliphatic carbocycles. The first kappa shape index (κ1) is 21.4. The standard InChI is InChI=1S/C24H24Br2Si2/c1-27(2,3)13-11-21-19-9-7-18(26)16-24(19)22(12-14-28(4,5)6)20-10-8-17(25)15-23(20)21/h7-10,15-16H,1-6H3. The zero-order chi connectivity index (χ0) is 20.7. The second kappa shape index (κ2) is 7.84. The molecule has 0 saturated carbocycles. The number of halogens is 2. The van der Waals surface area contributed by atoms with Crippen LogP contribution in [0.3, 0.4) is 0 Å². The fourth-order valence-corrected chi connectivity index (χ4v) is 4.66. The summed E-state index contributed by atoms with van der Waals surface area (Å²) in [7, 11) is -2.99. The summed E-state index contributed by atoms with van der Waals surface area (Å²) in [6, 6.07) is 12.9. The van der Waals surface area contributed by atoms with E-state index in [0.717, 1.165) is 20.1 Å². The molecule has 0 aliphatic rings. The third-order valence-electron chi connectivity index (χ3n) is 4.17. The summed E-state index contributed by atoms with van der Waals surface area (Å²) >= 11 is 7.30. The average Bonchev–Trinajstić information content (AvgIpc) is 2.56. The van der Waals surface area contributed by atoms with Gasteiger partial charge >= 0.3 is 0 Å². The van der Waals surface area contributed by atoms with Gasteiger partial charge in [-0.3, -0.25) is 0 Å². The van der Waals surface area contributed by atoms with Crippen LogP contribution in [0.25, 0.3) is 21.5 Å². The van der Waals surface area contributed by atoms with Crippen LogP contribution in [-0.4, -0.2) is 16.1 Å². The van der Waals surface area contributed by atoms with Gasteiger partial charge in [0.25, 0.3) is 0 Å². The fourth-order valence-electron chi connectivity index (χ4n) is 2.94. The Morgan fingerprint density at radius 3 is 1.25 bits per heavy atom. The van der Waals surface area contributed by atoms with Crippen molar-refractivity contribution < 1.29 is 0 Å². The van der Waals surface area contributed by atoms with E-state index >= 15 is 0 Å². The molecule has 0 N–H and O–H groups in total. The van der Waals surface area contributed by atoms with E-state index in [4.69, 9.17) is 0 Å². The van der Waals surface area contributed by atoms with E-state index < -0.39 is 16.1 Å². The minimum Gasteiger partial charge on any atom is -0.127 e. The van der Waals surface area contributed by atoms with Crippen molar-refractivity contribution in [3.63, 3.8) is 0 Å². The fraction of sp³-hybridized carbons (Fsp3) is 0.250. The van der Waals surface area contributed by atoms with E-state index in [1.807, 2.05) is 0 Å². The summed E-state index contributed by atoms with van der Waals surface area (Å²) in [5, 5.41) is 4.71. The largest absolute Gasteiger partial charge is 0.129 e. The van der Waals surface area contributed by atoms with Gasteiger partial charge in [-0.1, -0.05) is 95.1 Å². The number of benzene rings is 3. The summed E-state index contributed by atoms with van der Waals surface area (Å²) in [6.07, 6.45) is 0. The molecule has 0 spiro atoms. The van der Waals surface area contributed by atoms with E-state index in [0.29, 0.717) is 0 Å². The van der Waals surface area contributed by atoms with Crippen LogP contribution in [0.4, 0.5) is 0 Å². The van der Waals surface area contributed by atoms with Crippen molar-refractivity contribution >= 4 is 69.6 Å². The molecule has 142 valence electrons. The first-order valence-electron chi connectivity index (χ1n) is 9.35. The predicted molar refractivity (Wildman–Crippen MR) is 137 cm³/mol. The van der Waals surface area contributed by atoms with Gasteiger partial charge in [0.2, 0.25) is 0 Å². The van der Waals surface area contributed by atoms with Crippen LogP contribution in [0.1, 0.15) is 11.1 Å².